The predicted molar refractivity (Wildman–Crippen MR) is 269 cm³/mol. The Balaban J connectivity index is 4.56. The van der Waals surface area contributed by atoms with Gasteiger partial charge in [0.05, 0.1) is 0 Å². The lowest BCUT2D eigenvalue weighted by molar-refractivity contribution is -0.166. The number of carbonyl (C=O) groups excluding carboxylic acids is 3. The number of rotatable bonds is 43. The van der Waals surface area contributed by atoms with Crippen LogP contribution in [0.1, 0.15) is 201 Å². The van der Waals surface area contributed by atoms with Crippen LogP contribution in [0.25, 0.3) is 0 Å². The topological polar surface area (TPSA) is 78.9 Å². The fourth-order valence-corrected chi connectivity index (χ4v) is 6.36. The smallest absolute Gasteiger partial charge is 0.306 e. The van der Waals surface area contributed by atoms with Crippen LogP contribution in [-0.4, -0.2) is 37.2 Å². The van der Waals surface area contributed by atoms with Gasteiger partial charge in [-0.2, -0.15) is 0 Å². The number of ether oxygens (including phenoxy) is 3. The fraction of sp³-hybridized carbons (Fsp3) is 0.596. The fourth-order valence-electron chi connectivity index (χ4n) is 6.36. The molecule has 1 unspecified atom stereocenters. The van der Waals surface area contributed by atoms with Crippen LogP contribution >= 0.6 is 0 Å². The van der Waals surface area contributed by atoms with Crippen LogP contribution in [0.15, 0.2) is 122 Å². The third kappa shape index (κ3) is 48.7. The maximum absolute atomic E-state index is 12.8. The van der Waals surface area contributed by atoms with Crippen molar-refractivity contribution < 1.29 is 28.6 Å². The molecule has 0 amide bonds. The highest BCUT2D eigenvalue weighted by Crippen LogP contribution is 2.14. The van der Waals surface area contributed by atoms with Gasteiger partial charge in [0.15, 0.2) is 6.10 Å². The molecule has 0 aliphatic rings. The summed E-state index contributed by atoms with van der Waals surface area (Å²) in [5.41, 5.74) is 0. The molecule has 0 fully saturated rings. The SMILES string of the molecule is CC/C=C/C=C/C=C/C=C/CCCCCC(=O)OC(COC(=O)CC/C=C/C/C=C/C/C=C/C/C=C/C/C=C/C/C=C/CC)COC(=O)CCCCCCCCCCCCCCC. The summed E-state index contributed by atoms with van der Waals surface area (Å²) < 4.78 is 16.7. The molecule has 1 atom stereocenters. The Hall–Kier alpha value is -4.19. The van der Waals surface area contributed by atoms with Crippen LogP contribution in [0.2, 0.25) is 0 Å². The second kappa shape index (κ2) is 50.5. The van der Waals surface area contributed by atoms with Crippen molar-refractivity contribution in [3.63, 3.8) is 0 Å². The molecule has 0 rings (SSSR count). The Bertz CT molecular complexity index is 1370. The Morgan fingerprint density at radius 1 is 0.349 bits per heavy atom. The van der Waals surface area contributed by atoms with E-state index in [1.54, 1.807) is 0 Å². The van der Waals surface area contributed by atoms with E-state index in [1.165, 1.54) is 64.2 Å². The van der Waals surface area contributed by atoms with Crippen molar-refractivity contribution in [1.29, 1.82) is 0 Å². The molecule has 0 bridgehead atoms. The monoisotopic (exact) mass is 871 g/mol. The van der Waals surface area contributed by atoms with Gasteiger partial charge in [-0.15, -0.1) is 0 Å². The molecule has 0 aromatic carbocycles. The number of hydrogen-bond acceptors (Lipinski definition) is 6. The van der Waals surface area contributed by atoms with Crippen LogP contribution in [-0.2, 0) is 28.6 Å². The third-order valence-electron chi connectivity index (χ3n) is 10.1. The molecule has 0 aromatic rings. The Kier molecular flexibility index (Phi) is 47.1. The van der Waals surface area contributed by atoms with Gasteiger partial charge < -0.3 is 14.2 Å². The molecular weight excluding hydrogens is 781 g/mol. The molecule has 0 saturated carbocycles. The number of unbranched alkanes of at least 4 members (excludes halogenated alkanes) is 15. The van der Waals surface area contributed by atoms with Crippen molar-refractivity contribution in [2.24, 2.45) is 0 Å². The molecule has 0 N–H and O–H groups in total. The summed E-state index contributed by atoms with van der Waals surface area (Å²) in [5.74, 6) is -1.06. The lowest BCUT2D eigenvalue weighted by Gasteiger charge is -2.18. The van der Waals surface area contributed by atoms with Gasteiger partial charge in [-0.05, 0) is 77.0 Å². The number of allylic oxidation sites excluding steroid dienone is 20. The van der Waals surface area contributed by atoms with E-state index in [4.69, 9.17) is 14.2 Å². The van der Waals surface area contributed by atoms with Crippen LogP contribution in [0, 0.1) is 0 Å². The largest absolute Gasteiger partial charge is 0.462 e. The van der Waals surface area contributed by atoms with Gasteiger partial charge in [-0.1, -0.05) is 226 Å². The van der Waals surface area contributed by atoms with Crippen LogP contribution in [0.3, 0.4) is 0 Å². The van der Waals surface area contributed by atoms with Gasteiger partial charge in [-0.25, -0.2) is 0 Å². The van der Waals surface area contributed by atoms with E-state index in [0.29, 0.717) is 19.3 Å². The normalized spacial score (nSPS) is 13.1. The Morgan fingerprint density at radius 3 is 1.22 bits per heavy atom. The summed E-state index contributed by atoms with van der Waals surface area (Å²) in [6, 6.07) is 0. The number of hydrogen-bond donors (Lipinski definition) is 0. The minimum absolute atomic E-state index is 0.119. The summed E-state index contributed by atoms with van der Waals surface area (Å²) in [5, 5.41) is 0. The lowest BCUT2D eigenvalue weighted by atomic mass is 10.0. The molecule has 354 valence electrons. The van der Waals surface area contributed by atoms with Crippen molar-refractivity contribution in [3.8, 4) is 0 Å². The molecule has 0 aromatic heterocycles. The predicted octanol–water partition coefficient (Wildman–Crippen LogP) is 16.5. The van der Waals surface area contributed by atoms with E-state index in [2.05, 4.69) is 93.7 Å². The highest BCUT2D eigenvalue weighted by molar-refractivity contribution is 5.71. The Morgan fingerprint density at radius 2 is 0.730 bits per heavy atom. The highest BCUT2D eigenvalue weighted by Gasteiger charge is 2.19. The zero-order valence-corrected chi connectivity index (χ0v) is 40.3. The third-order valence-corrected chi connectivity index (χ3v) is 10.1. The first-order chi connectivity index (χ1) is 31.0. The molecule has 6 heteroatoms. The van der Waals surface area contributed by atoms with E-state index >= 15 is 0 Å². The van der Waals surface area contributed by atoms with Crippen molar-refractivity contribution >= 4 is 17.9 Å². The van der Waals surface area contributed by atoms with E-state index in [0.717, 1.165) is 83.5 Å². The summed E-state index contributed by atoms with van der Waals surface area (Å²) >= 11 is 0. The molecular formula is C57H90O6. The van der Waals surface area contributed by atoms with Crippen LogP contribution < -0.4 is 0 Å². The van der Waals surface area contributed by atoms with E-state index in [-0.39, 0.29) is 44.0 Å². The van der Waals surface area contributed by atoms with E-state index < -0.39 is 6.10 Å². The first-order valence-electron chi connectivity index (χ1n) is 25.1. The molecule has 0 heterocycles. The molecule has 63 heavy (non-hydrogen) atoms. The summed E-state index contributed by atoms with van der Waals surface area (Å²) in [7, 11) is 0. The van der Waals surface area contributed by atoms with E-state index in [9.17, 15) is 14.4 Å². The van der Waals surface area contributed by atoms with Crippen molar-refractivity contribution in [3.05, 3.63) is 122 Å². The van der Waals surface area contributed by atoms with Crippen LogP contribution in [0.5, 0.6) is 0 Å². The van der Waals surface area contributed by atoms with Crippen molar-refractivity contribution in [2.75, 3.05) is 13.2 Å². The first kappa shape index (κ1) is 58.8. The molecule has 0 aliphatic carbocycles. The van der Waals surface area contributed by atoms with Gasteiger partial charge in [0.1, 0.15) is 13.2 Å². The second-order valence-electron chi connectivity index (χ2n) is 16.1. The van der Waals surface area contributed by atoms with Crippen molar-refractivity contribution in [2.45, 2.75) is 207 Å². The summed E-state index contributed by atoms with van der Waals surface area (Å²) in [6.45, 7) is 6.26. The molecule has 6 nitrogen and oxygen atoms in total. The average Bonchev–Trinajstić information content (AvgIpc) is 3.28. The average molecular weight is 871 g/mol. The number of carbonyl (C=O) groups is 3. The maximum atomic E-state index is 12.8. The van der Waals surface area contributed by atoms with Crippen molar-refractivity contribution in [1.82, 2.24) is 0 Å². The minimum Gasteiger partial charge on any atom is -0.462 e. The lowest BCUT2D eigenvalue weighted by Crippen LogP contribution is -2.30. The van der Waals surface area contributed by atoms with Crippen LogP contribution in [0.4, 0.5) is 0 Å². The van der Waals surface area contributed by atoms with Gasteiger partial charge in [0.25, 0.3) is 0 Å². The molecule has 0 radical (unpaired) electrons. The molecule has 0 spiro atoms. The number of esters is 3. The maximum Gasteiger partial charge on any atom is 0.306 e. The standard InChI is InChI=1S/C57H90O6/c1-4-7-10-13-16-19-22-25-26-27-28-29-30-33-35-38-41-44-47-50-56(59)62-53-54(63-57(60)51-48-45-42-39-36-32-24-21-18-15-12-9-6-3)52-61-55(58)49-46-43-40-37-34-31-23-20-17-14-11-8-5-2/h7,9-10,12,15-16,18-19,21,24-26,28-29,32-33,35-36,41,44,54H,4-6,8,11,13-14,17,20,22-23,27,30-31,34,37-40,42-43,45-53H2,1-3H3/b10-7+,12-9+,18-15+,19-16+,24-21+,26-25+,29-28+,35-33+,36-32+,44-41+. The molecule has 0 aliphatic heterocycles. The van der Waals surface area contributed by atoms with E-state index in [1.807, 2.05) is 48.6 Å². The van der Waals surface area contributed by atoms with Gasteiger partial charge in [0.2, 0.25) is 0 Å². The highest BCUT2D eigenvalue weighted by atomic mass is 16.6. The summed E-state index contributed by atoms with van der Waals surface area (Å²) in [6.07, 6.45) is 69.1. The summed E-state index contributed by atoms with van der Waals surface area (Å²) in [4.78, 5) is 37.9. The van der Waals surface area contributed by atoms with Gasteiger partial charge >= 0.3 is 17.9 Å². The zero-order valence-electron chi connectivity index (χ0n) is 40.3. The Labute approximate surface area is 386 Å². The van der Waals surface area contributed by atoms with Gasteiger partial charge in [-0.3, -0.25) is 14.4 Å². The second-order valence-corrected chi connectivity index (χ2v) is 16.1. The zero-order chi connectivity index (χ0) is 45.8. The molecule has 0 saturated heterocycles. The first-order valence-corrected chi connectivity index (χ1v) is 25.1. The quantitative estimate of drug-likeness (QED) is 0.0200. The van der Waals surface area contributed by atoms with Gasteiger partial charge in [0, 0.05) is 19.3 Å². The minimum atomic E-state index is -0.829.